The lowest BCUT2D eigenvalue weighted by molar-refractivity contribution is -0.141. The van der Waals surface area contributed by atoms with Gasteiger partial charge in [-0.3, -0.25) is 0 Å². The molecule has 0 bridgehead atoms. The summed E-state index contributed by atoms with van der Waals surface area (Å²) in [7, 11) is 0. The van der Waals surface area contributed by atoms with Crippen LogP contribution in [0.2, 0.25) is 0 Å². The average Bonchev–Trinajstić information content (AvgIpc) is 2.95. The van der Waals surface area contributed by atoms with Crippen molar-refractivity contribution in [3.05, 3.63) is 23.9 Å². The van der Waals surface area contributed by atoms with E-state index < -0.39 is 11.9 Å². The summed E-state index contributed by atoms with van der Waals surface area (Å²) >= 11 is 0. The van der Waals surface area contributed by atoms with E-state index in [1.807, 2.05) is 4.90 Å². The minimum Gasteiger partial charge on any atom is -0.355 e. The summed E-state index contributed by atoms with van der Waals surface area (Å²) in [6, 6.07) is 4.47. The monoisotopic (exact) mass is 301 g/mol. The van der Waals surface area contributed by atoms with Gasteiger partial charge in [0.1, 0.15) is 11.5 Å². The second-order valence-corrected chi connectivity index (χ2v) is 5.47. The highest BCUT2D eigenvalue weighted by molar-refractivity contribution is 5.40. The number of hydrogen-bond donors (Lipinski definition) is 1. The van der Waals surface area contributed by atoms with E-state index in [2.05, 4.69) is 17.2 Å². The highest BCUT2D eigenvalue weighted by Crippen LogP contribution is 2.29. The number of nitrogens with one attached hydrogen (secondary N) is 1. The standard InChI is InChI=1S/C15H22F3N3/c1-2-3-10-21(11-12-6-5-9-19-12)14-8-4-7-13(20-14)15(16,17)18/h4,7-8,12,19H,2-3,5-6,9-11H2,1H3. The molecule has 1 aliphatic heterocycles. The Bertz CT molecular complexity index is 442. The maximum Gasteiger partial charge on any atom is 0.433 e. The van der Waals surface area contributed by atoms with Gasteiger partial charge in [-0.1, -0.05) is 19.4 Å². The number of anilines is 1. The third-order valence-electron chi connectivity index (χ3n) is 3.73. The molecule has 118 valence electrons. The summed E-state index contributed by atoms with van der Waals surface area (Å²) in [5.41, 5.74) is -0.819. The molecule has 0 aliphatic carbocycles. The maximum absolute atomic E-state index is 12.8. The summed E-state index contributed by atoms with van der Waals surface area (Å²) in [6.45, 7) is 4.52. The zero-order valence-electron chi connectivity index (χ0n) is 12.3. The number of unbranched alkanes of at least 4 members (excludes halogenated alkanes) is 1. The quantitative estimate of drug-likeness (QED) is 0.872. The number of rotatable bonds is 6. The van der Waals surface area contributed by atoms with Crippen LogP contribution in [0.3, 0.4) is 0 Å². The maximum atomic E-state index is 12.8. The number of halogens is 3. The average molecular weight is 301 g/mol. The predicted octanol–water partition coefficient (Wildman–Crippen LogP) is 3.46. The van der Waals surface area contributed by atoms with Crippen LogP contribution in [0.25, 0.3) is 0 Å². The van der Waals surface area contributed by atoms with Crippen molar-refractivity contribution in [3.8, 4) is 0 Å². The Morgan fingerprint density at radius 1 is 1.38 bits per heavy atom. The number of pyridine rings is 1. The molecule has 1 atom stereocenters. The molecule has 0 amide bonds. The molecule has 3 nitrogen and oxygen atoms in total. The van der Waals surface area contributed by atoms with Gasteiger partial charge in [0.05, 0.1) is 0 Å². The minimum atomic E-state index is -4.39. The topological polar surface area (TPSA) is 28.2 Å². The summed E-state index contributed by atoms with van der Waals surface area (Å²) in [6.07, 6.45) is -0.236. The van der Waals surface area contributed by atoms with Crippen LogP contribution in [-0.4, -0.2) is 30.7 Å². The Morgan fingerprint density at radius 3 is 2.81 bits per heavy atom. The molecular weight excluding hydrogens is 279 g/mol. The first kappa shape index (κ1) is 16.1. The van der Waals surface area contributed by atoms with Gasteiger partial charge in [0.15, 0.2) is 0 Å². The summed E-state index contributed by atoms with van der Waals surface area (Å²) < 4.78 is 38.4. The third-order valence-corrected chi connectivity index (χ3v) is 3.73. The largest absolute Gasteiger partial charge is 0.433 e. The molecular formula is C15H22F3N3. The van der Waals surface area contributed by atoms with E-state index in [4.69, 9.17) is 0 Å². The van der Waals surface area contributed by atoms with E-state index in [0.717, 1.165) is 44.8 Å². The van der Waals surface area contributed by atoms with E-state index in [9.17, 15) is 13.2 Å². The van der Waals surface area contributed by atoms with Gasteiger partial charge in [0.25, 0.3) is 0 Å². The van der Waals surface area contributed by atoms with E-state index in [-0.39, 0.29) is 0 Å². The zero-order valence-corrected chi connectivity index (χ0v) is 12.3. The highest BCUT2D eigenvalue weighted by atomic mass is 19.4. The Labute approximate surface area is 123 Å². The van der Waals surface area contributed by atoms with Crippen LogP contribution in [0.15, 0.2) is 18.2 Å². The van der Waals surface area contributed by atoms with E-state index in [1.54, 1.807) is 6.07 Å². The molecule has 1 unspecified atom stereocenters. The molecule has 0 aromatic carbocycles. The van der Waals surface area contributed by atoms with Crippen molar-refractivity contribution in [2.45, 2.75) is 44.8 Å². The smallest absolute Gasteiger partial charge is 0.355 e. The highest BCUT2D eigenvalue weighted by Gasteiger charge is 2.33. The van der Waals surface area contributed by atoms with Crippen molar-refractivity contribution in [1.29, 1.82) is 0 Å². The molecule has 2 heterocycles. The summed E-state index contributed by atoms with van der Waals surface area (Å²) in [5, 5.41) is 3.39. The first-order chi connectivity index (χ1) is 10.0. The second-order valence-electron chi connectivity index (χ2n) is 5.47. The molecule has 0 spiro atoms. The zero-order chi connectivity index (χ0) is 15.3. The van der Waals surface area contributed by atoms with E-state index in [1.165, 1.54) is 6.07 Å². The van der Waals surface area contributed by atoms with Crippen molar-refractivity contribution >= 4 is 5.82 Å². The van der Waals surface area contributed by atoms with Crippen molar-refractivity contribution < 1.29 is 13.2 Å². The Balaban J connectivity index is 2.14. The fraction of sp³-hybridized carbons (Fsp3) is 0.667. The van der Waals surface area contributed by atoms with E-state index >= 15 is 0 Å². The van der Waals surface area contributed by atoms with Crippen molar-refractivity contribution in [2.75, 3.05) is 24.5 Å². The van der Waals surface area contributed by atoms with Crippen LogP contribution in [0.5, 0.6) is 0 Å². The number of aromatic nitrogens is 1. The number of alkyl halides is 3. The van der Waals surface area contributed by atoms with Gasteiger partial charge in [-0.25, -0.2) is 4.98 Å². The lowest BCUT2D eigenvalue weighted by atomic mass is 10.2. The third kappa shape index (κ3) is 4.59. The fourth-order valence-electron chi connectivity index (χ4n) is 2.58. The Hall–Kier alpha value is -1.30. The van der Waals surface area contributed by atoms with Crippen LogP contribution < -0.4 is 10.2 Å². The van der Waals surface area contributed by atoms with Gasteiger partial charge in [0.2, 0.25) is 0 Å². The summed E-state index contributed by atoms with van der Waals surface area (Å²) in [4.78, 5) is 5.79. The van der Waals surface area contributed by atoms with Crippen LogP contribution in [0.1, 0.15) is 38.3 Å². The number of hydrogen-bond acceptors (Lipinski definition) is 3. The molecule has 2 rings (SSSR count). The second kappa shape index (κ2) is 7.11. The van der Waals surface area contributed by atoms with Gasteiger partial charge >= 0.3 is 6.18 Å². The molecule has 0 radical (unpaired) electrons. The Kier molecular flexibility index (Phi) is 5.45. The van der Waals surface area contributed by atoms with Gasteiger partial charge in [0, 0.05) is 19.1 Å². The van der Waals surface area contributed by atoms with Crippen LogP contribution in [0.4, 0.5) is 19.0 Å². The molecule has 1 N–H and O–H groups in total. The Morgan fingerprint density at radius 2 is 2.19 bits per heavy atom. The van der Waals surface area contributed by atoms with Crippen LogP contribution in [0, 0.1) is 0 Å². The van der Waals surface area contributed by atoms with Gasteiger partial charge in [-0.2, -0.15) is 13.2 Å². The van der Waals surface area contributed by atoms with Crippen molar-refractivity contribution in [3.63, 3.8) is 0 Å². The minimum absolute atomic E-state index is 0.346. The SMILES string of the molecule is CCCCN(CC1CCCN1)c1cccc(C(F)(F)F)n1. The van der Waals surface area contributed by atoms with E-state index in [0.29, 0.717) is 18.4 Å². The first-order valence-electron chi connectivity index (χ1n) is 7.53. The summed E-state index contributed by atoms with van der Waals surface area (Å²) in [5.74, 6) is 0.423. The molecule has 1 aromatic rings. The lowest BCUT2D eigenvalue weighted by Crippen LogP contribution is -2.38. The van der Waals surface area contributed by atoms with Crippen LogP contribution in [-0.2, 0) is 6.18 Å². The predicted molar refractivity (Wildman–Crippen MR) is 77.4 cm³/mol. The first-order valence-corrected chi connectivity index (χ1v) is 7.53. The molecule has 1 aromatic heterocycles. The van der Waals surface area contributed by atoms with Crippen molar-refractivity contribution in [2.24, 2.45) is 0 Å². The molecule has 1 saturated heterocycles. The fourth-order valence-corrected chi connectivity index (χ4v) is 2.58. The normalized spacial score (nSPS) is 19.0. The molecule has 1 aliphatic rings. The van der Waals surface area contributed by atoms with Gasteiger partial charge < -0.3 is 10.2 Å². The lowest BCUT2D eigenvalue weighted by Gasteiger charge is -2.27. The van der Waals surface area contributed by atoms with Crippen LogP contribution >= 0.6 is 0 Å². The van der Waals surface area contributed by atoms with Gasteiger partial charge in [-0.05, 0) is 37.9 Å². The molecule has 1 fully saturated rings. The van der Waals surface area contributed by atoms with Crippen molar-refractivity contribution in [1.82, 2.24) is 10.3 Å². The molecule has 6 heteroatoms. The van der Waals surface area contributed by atoms with Gasteiger partial charge in [-0.15, -0.1) is 0 Å². The number of nitrogens with zero attached hydrogens (tertiary/aromatic N) is 2. The molecule has 21 heavy (non-hydrogen) atoms. The molecule has 0 saturated carbocycles.